The highest BCUT2D eigenvalue weighted by molar-refractivity contribution is 8.00. The number of carbonyl (C=O) groups is 1. The van der Waals surface area contributed by atoms with Crippen LogP contribution in [0.1, 0.15) is 21.5 Å². The second-order valence-corrected chi connectivity index (χ2v) is 9.10. The number of benzene rings is 3. The highest BCUT2D eigenvalue weighted by Gasteiger charge is 2.20. The lowest BCUT2D eigenvalue weighted by molar-refractivity contribution is 0.102. The summed E-state index contributed by atoms with van der Waals surface area (Å²) in [4.78, 5) is 27.8. The average molecular weight is 535 g/mol. The van der Waals surface area contributed by atoms with Crippen molar-refractivity contribution in [3.8, 4) is 34.4 Å². The van der Waals surface area contributed by atoms with Crippen molar-refractivity contribution >= 4 is 29.2 Å². The molecule has 0 saturated carbocycles. The Morgan fingerprint density at radius 2 is 1.49 bits per heavy atom. The van der Waals surface area contributed by atoms with E-state index in [0.29, 0.717) is 16.8 Å². The maximum atomic E-state index is 12.7. The third-order valence-corrected chi connectivity index (χ3v) is 6.78. The van der Waals surface area contributed by atoms with Gasteiger partial charge in [-0.05, 0) is 41.0 Å². The molecule has 0 aliphatic heterocycles. The Hall–Kier alpha value is -5.36. The minimum Gasteiger partial charge on any atom is -0.322 e. The highest BCUT2D eigenvalue weighted by Crippen LogP contribution is 2.32. The number of hydrogen-bond acceptors (Lipinski definition) is 8. The molecule has 0 radical (unpaired) electrons. The predicted octanol–water partition coefficient (Wildman–Crippen LogP) is 3.53. The molecule has 0 saturated heterocycles. The van der Waals surface area contributed by atoms with Crippen molar-refractivity contribution in [3.05, 3.63) is 106 Å². The normalized spacial score (nSPS) is 10.8. The van der Waals surface area contributed by atoms with Gasteiger partial charge in [-0.2, -0.15) is 15.6 Å². The summed E-state index contributed by atoms with van der Waals surface area (Å²) < 4.78 is 0. The van der Waals surface area contributed by atoms with Crippen LogP contribution in [-0.4, -0.2) is 22.5 Å². The van der Waals surface area contributed by atoms with Gasteiger partial charge in [-0.3, -0.25) is 9.59 Å². The van der Waals surface area contributed by atoms with Crippen LogP contribution in [0, 0.1) is 22.7 Å². The summed E-state index contributed by atoms with van der Waals surface area (Å²) in [6.45, 7) is 0. The lowest BCUT2D eigenvalue weighted by Gasteiger charge is -2.12. The van der Waals surface area contributed by atoms with Gasteiger partial charge in [-0.25, -0.2) is 5.84 Å². The minimum absolute atomic E-state index is 0.145. The summed E-state index contributed by atoms with van der Waals surface area (Å²) in [6.07, 6.45) is 0. The Labute approximate surface area is 227 Å². The number of rotatable bonds is 7. The van der Waals surface area contributed by atoms with Crippen LogP contribution >= 0.6 is 11.8 Å². The number of nitriles is 2. The van der Waals surface area contributed by atoms with Crippen molar-refractivity contribution < 1.29 is 4.79 Å². The SMILES string of the molecule is N#Cc1c(SC/C(=N/N)NN)[nH]c(=O)c(C#N)c1-c1ccc(-c2ccc(C(=O)Nc3ccccc3)cc2)cc1. The average Bonchev–Trinajstić information content (AvgIpc) is 2.98. The second kappa shape index (κ2) is 12.3. The van der Waals surface area contributed by atoms with Gasteiger partial charge in [0.1, 0.15) is 23.5 Å². The summed E-state index contributed by atoms with van der Waals surface area (Å²) in [6, 6.07) is 27.5. The third-order valence-electron chi connectivity index (χ3n) is 5.77. The van der Waals surface area contributed by atoms with Gasteiger partial charge in [0.05, 0.1) is 16.3 Å². The molecule has 1 heterocycles. The first-order valence-electron chi connectivity index (χ1n) is 11.5. The summed E-state index contributed by atoms with van der Waals surface area (Å²) in [5.41, 5.74) is 5.40. The number of para-hydroxylation sites is 1. The van der Waals surface area contributed by atoms with Gasteiger partial charge < -0.3 is 21.6 Å². The molecule has 0 aliphatic carbocycles. The molecule has 0 bridgehead atoms. The van der Waals surface area contributed by atoms with Crippen LogP contribution in [0.2, 0.25) is 0 Å². The van der Waals surface area contributed by atoms with E-state index in [1.807, 2.05) is 60.7 Å². The van der Waals surface area contributed by atoms with Crippen molar-refractivity contribution in [2.24, 2.45) is 16.8 Å². The van der Waals surface area contributed by atoms with E-state index in [0.717, 1.165) is 22.9 Å². The first-order valence-corrected chi connectivity index (χ1v) is 12.5. The maximum absolute atomic E-state index is 12.7. The smallest absolute Gasteiger partial charge is 0.267 e. The zero-order valence-corrected chi connectivity index (χ0v) is 21.3. The lowest BCUT2D eigenvalue weighted by Crippen LogP contribution is -2.33. The molecule has 1 aromatic heterocycles. The van der Waals surface area contributed by atoms with Crippen LogP contribution in [0.4, 0.5) is 5.69 Å². The molecule has 4 aromatic rings. The van der Waals surface area contributed by atoms with Crippen LogP contribution in [0.25, 0.3) is 22.3 Å². The number of anilines is 1. The molecule has 1 amide bonds. The molecular weight excluding hydrogens is 512 g/mol. The molecule has 192 valence electrons. The number of aromatic nitrogens is 1. The first-order chi connectivity index (χ1) is 19.0. The Bertz CT molecular complexity index is 1670. The number of nitrogens with zero attached hydrogens (tertiary/aromatic N) is 3. The van der Waals surface area contributed by atoms with E-state index < -0.39 is 5.56 Å². The summed E-state index contributed by atoms with van der Waals surface area (Å²) in [7, 11) is 0. The van der Waals surface area contributed by atoms with Gasteiger partial charge in [0.25, 0.3) is 11.5 Å². The molecule has 0 atom stereocenters. The summed E-state index contributed by atoms with van der Waals surface area (Å²) >= 11 is 1.10. The maximum Gasteiger partial charge on any atom is 0.267 e. The zero-order valence-electron chi connectivity index (χ0n) is 20.4. The number of thioether (sulfide) groups is 1. The number of carbonyl (C=O) groups excluding carboxylic acids is 1. The van der Waals surface area contributed by atoms with E-state index in [2.05, 4.69) is 26.9 Å². The van der Waals surface area contributed by atoms with Gasteiger partial charge in [-0.1, -0.05) is 66.4 Å². The Kier molecular flexibility index (Phi) is 8.39. The number of amides is 1. The molecule has 0 aliphatic rings. The van der Waals surface area contributed by atoms with Gasteiger partial charge in [0, 0.05) is 16.8 Å². The summed E-state index contributed by atoms with van der Waals surface area (Å²) in [5, 5.41) is 26.2. The van der Waals surface area contributed by atoms with E-state index in [4.69, 9.17) is 11.7 Å². The number of pyridine rings is 1. The van der Waals surface area contributed by atoms with Crippen molar-refractivity contribution in [2.75, 3.05) is 11.1 Å². The van der Waals surface area contributed by atoms with E-state index in [1.165, 1.54) is 0 Å². The number of aromatic amines is 1. The molecule has 0 fully saturated rings. The zero-order chi connectivity index (χ0) is 27.8. The number of nitrogens with one attached hydrogen (secondary N) is 3. The molecule has 7 N–H and O–H groups in total. The van der Waals surface area contributed by atoms with Gasteiger partial charge in [0.15, 0.2) is 0 Å². The quantitative estimate of drug-likeness (QED) is 0.0783. The van der Waals surface area contributed by atoms with E-state index in [1.54, 1.807) is 24.3 Å². The fourth-order valence-electron chi connectivity index (χ4n) is 3.82. The summed E-state index contributed by atoms with van der Waals surface area (Å²) in [5.74, 6) is 10.8. The Balaban J connectivity index is 1.62. The fraction of sp³-hybridized carbons (Fsp3) is 0.0357. The first kappa shape index (κ1) is 26.7. The van der Waals surface area contributed by atoms with Crippen molar-refractivity contribution in [1.29, 1.82) is 10.5 Å². The largest absolute Gasteiger partial charge is 0.322 e. The van der Waals surface area contributed by atoms with Crippen LogP contribution in [-0.2, 0) is 0 Å². The van der Waals surface area contributed by atoms with Crippen LogP contribution < -0.4 is 28.0 Å². The predicted molar refractivity (Wildman–Crippen MR) is 151 cm³/mol. The molecule has 0 unspecified atom stereocenters. The highest BCUT2D eigenvalue weighted by atomic mass is 32.2. The number of amidine groups is 1. The van der Waals surface area contributed by atoms with Crippen molar-refractivity contribution in [3.63, 3.8) is 0 Å². The van der Waals surface area contributed by atoms with Gasteiger partial charge >= 0.3 is 0 Å². The molecule has 39 heavy (non-hydrogen) atoms. The Morgan fingerprint density at radius 1 is 0.897 bits per heavy atom. The standard InChI is InChI=1S/C28H22N8O2S/c29-14-22-25(23(15-30)28(34-27(22)38)39-16-24(35-31)36-32)19-10-6-17(7-11-19)18-8-12-20(13-9-18)26(37)33-21-4-2-1-3-5-21/h1-13H,16,31-32H2,(H,33,37)(H,34,38)(H,35,36). The molecule has 0 spiro atoms. The van der Waals surface area contributed by atoms with E-state index in [-0.39, 0.29) is 39.2 Å². The third kappa shape index (κ3) is 5.97. The topological polar surface area (TPSA) is 186 Å². The number of hydrogen-bond donors (Lipinski definition) is 5. The van der Waals surface area contributed by atoms with Gasteiger partial charge in [0.2, 0.25) is 0 Å². The molecule has 3 aromatic carbocycles. The van der Waals surface area contributed by atoms with Crippen molar-refractivity contribution in [2.45, 2.75) is 5.03 Å². The van der Waals surface area contributed by atoms with Crippen LogP contribution in [0.3, 0.4) is 0 Å². The number of H-pyrrole nitrogens is 1. The fourth-order valence-corrected chi connectivity index (χ4v) is 4.71. The Morgan fingerprint density at radius 3 is 2.05 bits per heavy atom. The lowest BCUT2D eigenvalue weighted by atomic mass is 9.95. The number of nitrogens with two attached hydrogens (primary N) is 2. The monoisotopic (exact) mass is 534 g/mol. The van der Waals surface area contributed by atoms with E-state index >= 15 is 0 Å². The van der Waals surface area contributed by atoms with E-state index in [9.17, 15) is 20.1 Å². The second-order valence-electron chi connectivity index (χ2n) is 8.12. The molecule has 11 heteroatoms. The van der Waals surface area contributed by atoms with Crippen LogP contribution in [0.5, 0.6) is 0 Å². The molecular formula is C28H22N8O2S. The van der Waals surface area contributed by atoms with Gasteiger partial charge in [-0.15, -0.1) is 0 Å². The number of hydrazone groups is 1. The van der Waals surface area contributed by atoms with Crippen LogP contribution in [0.15, 0.2) is 93.8 Å². The molecule has 4 rings (SSSR count). The number of hydrazine groups is 1. The minimum atomic E-state index is -0.616. The van der Waals surface area contributed by atoms with Crippen molar-refractivity contribution in [1.82, 2.24) is 10.4 Å². The molecule has 10 nitrogen and oxygen atoms in total.